The number of carbonyl (C=O) groups is 2. The molecule has 0 radical (unpaired) electrons. The fourth-order valence-corrected chi connectivity index (χ4v) is 3.70. The molecule has 3 rings (SSSR count). The molecule has 2 aromatic rings. The Hall–Kier alpha value is -1.76. The van der Waals surface area contributed by atoms with Gasteiger partial charge in [0.25, 0.3) is 0 Å². The summed E-state index contributed by atoms with van der Waals surface area (Å²) < 4.78 is 0. The van der Waals surface area contributed by atoms with Crippen molar-refractivity contribution in [1.29, 1.82) is 0 Å². The van der Waals surface area contributed by atoms with Crippen molar-refractivity contribution in [2.75, 3.05) is 29.9 Å². The van der Waals surface area contributed by atoms with Crippen LogP contribution in [0.2, 0.25) is 0 Å². The van der Waals surface area contributed by atoms with Crippen LogP contribution in [-0.4, -0.2) is 42.5 Å². The maximum absolute atomic E-state index is 12.1. The highest BCUT2D eigenvalue weighted by Crippen LogP contribution is 2.22. The van der Waals surface area contributed by atoms with Crippen LogP contribution in [0.5, 0.6) is 0 Å². The zero-order chi connectivity index (χ0) is 16.8. The minimum absolute atomic E-state index is 0. The molecule has 0 bridgehead atoms. The number of hydrogen-bond donors (Lipinski definition) is 3. The molecule has 1 aliphatic rings. The zero-order valence-corrected chi connectivity index (χ0v) is 15.4. The van der Waals surface area contributed by atoms with E-state index in [0.29, 0.717) is 6.42 Å². The summed E-state index contributed by atoms with van der Waals surface area (Å²) in [5.41, 5.74) is 0.762. The fourth-order valence-electron chi connectivity index (χ4n) is 2.75. The number of amides is 2. The molecule has 1 atom stereocenters. The number of fused-ring (bicyclic) bond motifs is 1. The van der Waals surface area contributed by atoms with Crippen LogP contribution in [0.1, 0.15) is 6.42 Å². The highest BCUT2D eigenvalue weighted by atomic mass is 35.5. The second-order valence-corrected chi connectivity index (χ2v) is 6.93. The van der Waals surface area contributed by atoms with E-state index >= 15 is 0 Å². The average molecular weight is 380 g/mol. The molecule has 2 amide bonds. The summed E-state index contributed by atoms with van der Waals surface area (Å²) in [6.07, 6.45) is 0.411. The normalized spacial score (nSPS) is 16.7. The summed E-state index contributed by atoms with van der Waals surface area (Å²) in [6, 6.07) is 13.8. The highest BCUT2D eigenvalue weighted by molar-refractivity contribution is 7.99. The highest BCUT2D eigenvalue weighted by Gasteiger charge is 2.17. The lowest BCUT2D eigenvalue weighted by Crippen LogP contribution is -2.42. The largest absolute Gasteiger partial charge is 0.347 e. The van der Waals surface area contributed by atoms with Crippen molar-refractivity contribution in [3.63, 3.8) is 0 Å². The Balaban J connectivity index is 0.00000225. The van der Waals surface area contributed by atoms with Gasteiger partial charge >= 0.3 is 0 Å². The standard InChI is InChI=1S/C18H21N3O2S.ClH/c22-17(10-14-12-24-9-8-19-14)20-11-18(23)21-16-7-3-5-13-4-1-2-6-15(13)16;/h1-7,14,19H,8-12H2,(H,20,22)(H,21,23);1H. The predicted molar refractivity (Wildman–Crippen MR) is 107 cm³/mol. The quantitative estimate of drug-likeness (QED) is 0.746. The molecule has 1 fully saturated rings. The molecule has 1 saturated heterocycles. The van der Waals surface area contributed by atoms with Crippen molar-refractivity contribution in [1.82, 2.24) is 10.6 Å². The number of anilines is 1. The summed E-state index contributed by atoms with van der Waals surface area (Å²) in [7, 11) is 0. The van der Waals surface area contributed by atoms with Crippen LogP contribution in [0.15, 0.2) is 42.5 Å². The lowest BCUT2D eigenvalue weighted by atomic mass is 10.1. The van der Waals surface area contributed by atoms with E-state index in [0.717, 1.165) is 34.5 Å². The third-order valence-electron chi connectivity index (χ3n) is 3.94. The van der Waals surface area contributed by atoms with Gasteiger partial charge in [-0.2, -0.15) is 11.8 Å². The molecule has 1 unspecified atom stereocenters. The molecule has 1 heterocycles. The molecular formula is C18H22ClN3O2S. The summed E-state index contributed by atoms with van der Waals surface area (Å²) in [6.45, 7) is 0.923. The zero-order valence-electron chi connectivity index (χ0n) is 13.8. The monoisotopic (exact) mass is 379 g/mol. The van der Waals surface area contributed by atoms with E-state index in [2.05, 4.69) is 16.0 Å². The lowest BCUT2D eigenvalue weighted by molar-refractivity contribution is -0.124. The third kappa shape index (κ3) is 5.63. The van der Waals surface area contributed by atoms with Crippen LogP contribution in [0.25, 0.3) is 10.8 Å². The van der Waals surface area contributed by atoms with Gasteiger partial charge in [-0.15, -0.1) is 12.4 Å². The smallest absolute Gasteiger partial charge is 0.243 e. The Kier molecular flexibility index (Phi) is 7.55. The van der Waals surface area contributed by atoms with Crippen LogP contribution < -0.4 is 16.0 Å². The van der Waals surface area contributed by atoms with Crippen molar-refractivity contribution in [2.45, 2.75) is 12.5 Å². The van der Waals surface area contributed by atoms with Crippen molar-refractivity contribution in [3.05, 3.63) is 42.5 Å². The van der Waals surface area contributed by atoms with Crippen molar-refractivity contribution >= 4 is 52.4 Å². The average Bonchev–Trinajstić information content (AvgIpc) is 2.61. The molecule has 3 N–H and O–H groups in total. The Morgan fingerprint density at radius 1 is 1.12 bits per heavy atom. The van der Waals surface area contributed by atoms with Gasteiger partial charge in [-0.05, 0) is 11.5 Å². The third-order valence-corrected chi connectivity index (χ3v) is 5.07. The van der Waals surface area contributed by atoms with E-state index < -0.39 is 0 Å². The number of benzene rings is 2. The van der Waals surface area contributed by atoms with Gasteiger partial charge in [0.1, 0.15) is 0 Å². The number of carbonyl (C=O) groups excluding carboxylic acids is 2. The second kappa shape index (κ2) is 9.65. The van der Waals surface area contributed by atoms with Gasteiger partial charge in [0.2, 0.25) is 11.8 Å². The van der Waals surface area contributed by atoms with Gasteiger partial charge in [-0.3, -0.25) is 9.59 Å². The van der Waals surface area contributed by atoms with Crippen LogP contribution in [0, 0.1) is 0 Å². The molecule has 1 aliphatic heterocycles. The van der Waals surface area contributed by atoms with E-state index in [1.165, 1.54) is 0 Å². The maximum atomic E-state index is 12.1. The summed E-state index contributed by atoms with van der Waals surface area (Å²) in [5, 5.41) is 10.9. The number of halogens is 1. The Morgan fingerprint density at radius 3 is 2.72 bits per heavy atom. The number of rotatable bonds is 5. The molecule has 0 aromatic heterocycles. The molecular weight excluding hydrogens is 358 g/mol. The van der Waals surface area contributed by atoms with Crippen LogP contribution >= 0.6 is 24.2 Å². The first-order valence-corrected chi connectivity index (χ1v) is 9.23. The van der Waals surface area contributed by atoms with Crippen LogP contribution in [0.4, 0.5) is 5.69 Å². The fraction of sp³-hybridized carbons (Fsp3) is 0.333. The molecule has 0 spiro atoms. The molecule has 25 heavy (non-hydrogen) atoms. The SMILES string of the molecule is Cl.O=C(CC1CSCCN1)NCC(=O)Nc1cccc2ccccc12. The molecule has 0 aliphatic carbocycles. The molecule has 0 saturated carbocycles. The van der Waals surface area contributed by atoms with Crippen LogP contribution in [0.3, 0.4) is 0 Å². The van der Waals surface area contributed by atoms with Crippen molar-refractivity contribution in [3.8, 4) is 0 Å². The van der Waals surface area contributed by atoms with Crippen LogP contribution in [-0.2, 0) is 9.59 Å². The maximum Gasteiger partial charge on any atom is 0.243 e. The molecule has 2 aromatic carbocycles. The van der Waals surface area contributed by atoms with Gasteiger partial charge in [-0.25, -0.2) is 0 Å². The van der Waals surface area contributed by atoms with E-state index in [9.17, 15) is 9.59 Å². The summed E-state index contributed by atoms with van der Waals surface area (Å²) in [4.78, 5) is 24.0. The summed E-state index contributed by atoms with van der Waals surface area (Å²) >= 11 is 1.85. The minimum Gasteiger partial charge on any atom is -0.347 e. The first-order chi connectivity index (χ1) is 11.7. The Bertz CT molecular complexity index is 730. The van der Waals surface area contributed by atoms with Gasteiger partial charge in [-0.1, -0.05) is 36.4 Å². The Morgan fingerprint density at radius 2 is 1.92 bits per heavy atom. The van der Waals surface area contributed by atoms with Crippen molar-refractivity contribution in [2.24, 2.45) is 0 Å². The molecule has 7 heteroatoms. The van der Waals surface area contributed by atoms with E-state index in [1.807, 2.05) is 54.2 Å². The van der Waals surface area contributed by atoms with Gasteiger partial charge in [0, 0.05) is 41.6 Å². The van der Waals surface area contributed by atoms with Crippen molar-refractivity contribution < 1.29 is 9.59 Å². The first kappa shape index (κ1) is 19.6. The molecule has 5 nitrogen and oxygen atoms in total. The number of thioether (sulfide) groups is 1. The van der Waals surface area contributed by atoms with Gasteiger partial charge in [0.15, 0.2) is 0 Å². The number of hydrogen-bond acceptors (Lipinski definition) is 4. The summed E-state index contributed by atoms with van der Waals surface area (Å²) in [5.74, 6) is 1.72. The molecule has 134 valence electrons. The first-order valence-electron chi connectivity index (χ1n) is 8.08. The van der Waals surface area contributed by atoms with Gasteiger partial charge < -0.3 is 16.0 Å². The van der Waals surface area contributed by atoms with E-state index in [1.54, 1.807) is 0 Å². The lowest BCUT2D eigenvalue weighted by Gasteiger charge is -2.22. The predicted octanol–water partition coefficient (Wildman–Crippen LogP) is 2.41. The van der Waals surface area contributed by atoms with Gasteiger partial charge in [0.05, 0.1) is 6.54 Å². The second-order valence-electron chi connectivity index (χ2n) is 5.78. The Labute approximate surface area is 157 Å². The van der Waals surface area contributed by atoms with E-state index in [-0.39, 0.29) is 36.8 Å². The topological polar surface area (TPSA) is 70.2 Å². The minimum atomic E-state index is -0.217. The number of nitrogens with one attached hydrogen (secondary N) is 3. The van der Waals surface area contributed by atoms with E-state index in [4.69, 9.17) is 0 Å².